The van der Waals surface area contributed by atoms with Gasteiger partial charge in [0.25, 0.3) is 5.56 Å². The van der Waals surface area contributed by atoms with Gasteiger partial charge in [0, 0.05) is 30.3 Å². The van der Waals surface area contributed by atoms with Crippen LogP contribution >= 0.6 is 11.6 Å². The summed E-state index contributed by atoms with van der Waals surface area (Å²) in [5.74, 6) is 1.95. The minimum atomic E-state index is -0.145. The van der Waals surface area contributed by atoms with Crippen molar-refractivity contribution in [3.05, 3.63) is 63.9 Å². The molecule has 2 atom stereocenters. The van der Waals surface area contributed by atoms with E-state index in [-0.39, 0.29) is 5.56 Å². The molecule has 3 aromatic heterocycles. The number of nitrogens with one attached hydrogen (secondary N) is 2. The lowest BCUT2D eigenvalue weighted by Crippen LogP contribution is -2.22. The molecule has 0 aliphatic heterocycles. The Morgan fingerprint density at radius 1 is 0.933 bits per heavy atom. The summed E-state index contributed by atoms with van der Waals surface area (Å²) in [7, 11) is 0. The summed E-state index contributed by atoms with van der Waals surface area (Å²) in [4.78, 5) is 20.9. The predicted octanol–water partition coefficient (Wildman–Crippen LogP) is 3.39. The molecular weight excluding hydrogens is 402 g/mol. The van der Waals surface area contributed by atoms with Gasteiger partial charge in [-0.2, -0.15) is 0 Å². The quantitative estimate of drug-likeness (QED) is 0.627. The molecule has 8 nitrogen and oxygen atoms in total. The molecule has 2 aliphatic carbocycles. The summed E-state index contributed by atoms with van der Waals surface area (Å²) in [6.45, 7) is 0. The van der Waals surface area contributed by atoms with Crippen molar-refractivity contribution >= 4 is 23.4 Å². The van der Waals surface area contributed by atoms with Gasteiger partial charge in [0.15, 0.2) is 0 Å². The second-order valence-corrected chi connectivity index (χ2v) is 8.37. The molecule has 0 bridgehead atoms. The van der Waals surface area contributed by atoms with E-state index in [0.29, 0.717) is 34.7 Å². The van der Waals surface area contributed by atoms with Crippen molar-refractivity contribution in [3.8, 4) is 5.69 Å². The van der Waals surface area contributed by atoms with Gasteiger partial charge in [-0.1, -0.05) is 11.6 Å². The Bertz CT molecular complexity index is 1080. The fraction of sp³-hybridized carbons (Fsp3) is 0.381. The highest BCUT2D eigenvalue weighted by Crippen LogP contribution is 2.38. The lowest BCUT2D eigenvalue weighted by Gasteiger charge is -2.15. The Morgan fingerprint density at radius 2 is 1.77 bits per heavy atom. The standard InChI is InChI=1S/C21H22ClN7O/c22-14-3-8-20(30)29(12-14)17-6-7-19(23-10-17)25-15-4-5-16(9-15)26-21-24-11-18(27-28-21)13-1-2-13/h3,6-8,10-13,15-16H,1-2,4-5,9H2,(H,23,25)(H,24,26,28)/t15-,16-/m0/s1. The lowest BCUT2D eigenvalue weighted by atomic mass is 10.2. The van der Waals surface area contributed by atoms with E-state index in [2.05, 4.69) is 30.8 Å². The average Bonchev–Trinajstić information content (AvgIpc) is 3.52. The lowest BCUT2D eigenvalue weighted by molar-refractivity contribution is 0.710. The highest BCUT2D eigenvalue weighted by molar-refractivity contribution is 6.30. The number of halogens is 1. The van der Waals surface area contributed by atoms with Crippen LogP contribution in [0.5, 0.6) is 0 Å². The zero-order valence-electron chi connectivity index (χ0n) is 16.3. The fourth-order valence-electron chi connectivity index (χ4n) is 3.83. The van der Waals surface area contributed by atoms with Gasteiger partial charge in [-0.05, 0) is 50.3 Å². The molecule has 0 unspecified atom stereocenters. The van der Waals surface area contributed by atoms with Crippen LogP contribution in [0.15, 0.2) is 47.7 Å². The van der Waals surface area contributed by atoms with Crippen LogP contribution in [0.3, 0.4) is 0 Å². The minimum Gasteiger partial charge on any atom is -0.367 e. The molecule has 3 aromatic rings. The maximum atomic E-state index is 12.0. The molecule has 0 amide bonds. The minimum absolute atomic E-state index is 0.145. The maximum absolute atomic E-state index is 12.0. The highest BCUT2D eigenvalue weighted by Gasteiger charge is 2.27. The summed E-state index contributed by atoms with van der Waals surface area (Å²) in [6.07, 6.45) is 10.5. The second kappa shape index (κ2) is 8.02. The maximum Gasteiger partial charge on any atom is 0.255 e. The predicted molar refractivity (Wildman–Crippen MR) is 115 cm³/mol. The van der Waals surface area contributed by atoms with Gasteiger partial charge in [-0.15, -0.1) is 10.2 Å². The third kappa shape index (κ3) is 4.28. The van der Waals surface area contributed by atoms with Crippen LogP contribution in [0, 0.1) is 0 Å². The Balaban J connectivity index is 1.17. The average molecular weight is 424 g/mol. The van der Waals surface area contributed by atoms with Crippen molar-refractivity contribution in [1.29, 1.82) is 0 Å². The van der Waals surface area contributed by atoms with Gasteiger partial charge in [0.2, 0.25) is 5.95 Å². The normalized spacial score (nSPS) is 20.8. The molecule has 0 spiro atoms. The van der Waals surface area contributed by atoms with Crippen LogP contribution in [0.25, 0.3) is 5.69 Å². The van der Waals surface area contributed by atoms with Crippen LogP contribution in [-0.2, 0) is 0 Å². The number of hydrogen-bond acceptors (Lipinski definition) is 7. The highest BCUT2D eigenvalue weighted by atomic mass is 35.5. The van der Waals surface area contributed by atoms with E-state index in [1.807, 2.05) is 18.3 Å². The van der Waals surface area contributed by atoms with Crippen molar-refractivity contribution in [2.24, 2.45) is 0 Å². The molecule has 154 valence electrons. The van der Waals surface area contributed by atoms with Crippen LogP contribution in [0.1, 0.15) is 43.7 Å². The molecule has 5 rings (SSSR count). The van der Waals surface area contributed by atoms with Crippen molar-refractivity contribution in [2.75, 3.05) is 10.6 Å². The molecule has 9 heteroatoms. The Kier molecular flexibility index (Phi) is 5.08. The first-order chi connectivity index (χ1) is 14.6. The number of nitrogens with zero attached hydrogens (tertiary/aromatic N) is 5. The molecule has 3 heterocycles. The summed E-state index contributed by atoms with van der Waals surface area (Å²) < 4.78 is 1.48. The Labute approximate surface area is 178 Å². The zero-order valence-corrected chi connectivity index (χ0v) is 17.1. The van der Waals surface area contributed by atoms with E-state index in [9.17, 15) is 4.79 Å². The molecule has 30 heavy (non-hydrogen) atoms. The largest absolute Gasteiger partial charge is 0.367 e. The summed E-state index contributed by atoms with van der Waals surface area (Å²) >= 11 is 6.00. The van der Waals surface area contributed by atoms with Gasteiger partial charge < -0.3 is 10.6 Å². The van der Waals surface area contributed by atoms with Crippen molar-refractivity contribution in [1.82, 2.24) is 24.7 Å². The van der Waals surface area contributed by atoms with Crippen LogP contribution in [-0.4, -0.2) is 36.8 Å². The van der Waals surface area contributed by atoms with E-state index in [0.717, 1.165) is 30.8 Å². The zero-order chi connectivity index (χ0) is 20.5. The number of anilines is 2. The van der Waals surface area contributed by atoms with Gasteiger partial charge in [-0.25, -0.2) is 9.97 Å². The van der Waals surface area contributed by atoms with Crippen LogP contribution in [0.2, 0.25) is 5.02 Å². The number of pyridine rings is 2. The van der Waals surface area contributed by atoms with Gasteiger partial charge in [0.1, 0.15) is 5.82 Å². The van der Waals surface area contributed by atoms with Crippen molar-refractivity contribution < 1.29 is 0 Å². The number of hydrogen-bond donors (Lipinski definition) is 2. The van der Waals surface area contributed by atoms with E-state index >= 15 is 0 Å². The topological polar surface area (TPSA) is 97.6 Å². The third-order valence-electron chi connectivity index (χ3n) is 5.59. The van der Waals surface area contributed by atoms with E-state index < -0.39 is 0 Å². The Hall–Kier alpha value is -3.00. The van der Waals surface area contributed by atoms with Crippen LogP contribution < -0.4 is 16.2 Å². The van der Waals surface area contributed by atoms with E-state index in [1.54, 1.807) is 18.5 Å². The monoisotopic (exact) mass is 423 g/mol. The third-order valence-corrected chi connectivity index (χ3v) is 5.82. The molecule has 2 N–H and O–H groups in total. The molecular formula is C21H22ClN7O. The van der Waals surface area contributed by atoms with Crippen LogP contribution in [0.4, 0.5) is 11.8 Å². The smallest absolute Gasteiger partial charge is 0.255 e. The first-order valence-corrected chi connectivity index (χ1v) is 10.6. The van der Waals surface area contributed by atoms with E-state index in [1.165, 1.54) is 23.5 Å². The molecule has 2 saturated carbocycles. The van der Waals surface area contributed by atoms with Gasteiger partial charge >= 0.3 is 0 Å². The van der Waals surface area contributed by atoms with E-state index in [4.69, 9.17) is 11.6 Å². The molecule has 2 fully saturated rings. The SMILES string of the molecule is O=c1ccc(Cl)cn1-c1ccc(N[C@H]2CC[C@H](Nc3ncc(C4CC4)nn3)C2)nc1. The molecule has 0 aromatic carbocycles. The Morgan fingerprint density at radius 3 is 2.47 bits per heavy atom. The van der Waals surface area contributed by atoms with Crippen molar-refractivity contribution in [2.45, 2.75) is 50.1 Å². The molecule has 0 radical (unpaired) electrons. The second-order valence-electron chi connectivity index (χ2n) is 7.93. The number of rotatable bonds is 6. The van der Waals surface area contributed by atoms with Crippen molar-refractivity contribution in [3.63, 3.8) is 0 Å². The summed E-state index contributed by atoms with van der Waals surface area (Å²) in [5, 5.41) is 15.9. The summed E-state index contributed by atoms with van der Waals surface area (Å²) in [6, 6.07) is 7.38. The first kappa shape index (κ1) is 19.0. The number of aromatic nitrogens is 5. The molecule has 0 saturated heterocycles. The first-order valence-electron chi connectivity index (χ1n) is 10.2. The fourth-order valence-corrected chi connectivity index (χ4v) is 3.99. The van der Waals surface area contributed by atoms with Gasteiger partial charge in [-0.3, -0.25) is 9.36 Å². The summed E-state index contributed by atoms with van der Waals surface area (Å²) in [5.41, 5.74) is 1.54. The molecule has 2 aliphatic rings. The van der Waals surface area contributed by atoms with Gasteiger partial charge in [0.05, 0.1) is 28.8 Å².